The first-order valence-corrected chi connectivity index (χ1v) is 5.87. The van der Waals surface area contributed by atoms with Gasteiger partial charge in [-0.25, -0.2) is 9.78 Å². The van der Waals surface area contributed by atoms with Gasteiger partial charge < -0.3 is 4.74 Å². The van der Waals surface area contributed by atoms with Crippen molar-refractivity contribution in [1.29, 1.82) is 0 Å². The van der Waals surface area contributed by atoms with Gasteiger partial charge in [-0.3, -0.25) is 0 Å². The molecule has 0 spiro atoms. The molecule has 4 nitrogen and oxygen atoms in total. The summed E-state index contributed by atoms with van der Waals surface area (Å²) in [6, 6.07) is 6.83. The first kappa shape index (κ1) is 15.0. The van der Waals surface area contributed by atoms with Crippen LogP contribution in [0.25, 0.3) is 0 Å². The molecule has 0 saturated carbocycles. The second-order valence-corrected chi connectivity index (χ2v) is 4.19. The Kier molecular flexibility index (Phi) is 4.26. The van der Waals surface area contributed by atoms with Crippen LogP contribution in [0.5, 0.6) is 11.6 Å². The molecule has 108 valence electrons. The van der Waals surface area contributed by atoms with Crippen LogP contribution < -0.4 is 4.74 Å². The number of benzene rings is 1. The molecule has 1 heterocycles. The molecule has 0 N–H and O–H groups in total. The maximum Gasteiger partial charge on any atom is 0.417 e. The summed E-state index contributed by atoms with van der Waals surface area (Å²) in [5, 5.41) is -0.310. The largest absolute Gasteiger partial charge is 0.435 e. The van der Waals surface area contributed by atoms with E-state index in [0.29, 0.717) is 12.3 Å². The van der Waals surface area contributed by atoms with Crippen LogP contribution in [0.1, 0.15) is 5.56 Å². The molecular formula is C13H6ClF3N2O2. The molecule has 0 bridgehead atoms. The zero-order chi connectivity index (χ0) is 15.5. The van der Waals surface area contributed by atoms with Gasteiger partial charge in [-0.05, 0) is 18.2 Å². The highest BCUT2D eigenvalue weighted by Crippen LogP contribution is 2.36. The molecule has 0 unspecified atom stereocenters. The smallest absolute Gasteiger partial charge is 0.417 e. The highest BCUT2D eigenvalue weighted by Gasteiger charge is 2.31. The predicted molar refractivity (Wildman–Crippen MR) is 68.5 cm³/mol. The molecule has 0 aliphatic rings. The van der Waals surface area contributed by atoms with E-state index in [9.17, 15) is 18.0 Å². The van der Waals surface area contributed by atoms with E-state index in [4.69, 9.17) is 16.3 Å². The Hall–Kier alpha value is -2.37. The third kappa shape index (κ3) is 3.59. The predicted octanol–water partition coefficient (Wildman–Crippen LogP) is 4.51. The van der Waals surface area contributed by atoms with Crippen molar-refractivity contribution in [3.8, 4) is 11.6 Å². The highest BCUT2D eigenvalue weighted by molar-refractivity contribution is 6.31. The molecule has 0 atom stereocenters. The van der Waals surface area contributed by atoms with Crippen molar-refractivity contribution in [1.82, 2.24) is 4.98 Å². The summed E-state index contributed by atoms with van der Waals surface area (Å²) in [5.74, 6) is -0.103. The Balaban J connectivity index is 2.35. The minimum atomic E-state index is -4.55. The fraction of sp³-hybridized carbons (Fsp3) is 0.0769. The number of alkyl halides is 3. The van der Waals surface area contributed by atoms with Gasteiger partial charge in [0.1, 0.15) is 10.7 Å². The number of nitrogens with zero attached hydrogens (tertiary/aromatic N) is 2. The second kappa shape index (κ2) is 5.95. The van der Waals surface area contributed by atoms with Gasteiger partial charge >= 0.3 is 6.18 Å². The van der Waals surface area contributed by atoms with Gasteiger partial charge in [0, 0.05) is 6.20 Å². The number of pyridine rings is 1. The number of rotatable bonds is 3. The van der Waals surface area contributed by atoms with E-state index in [2.05, 4.69) is 9.98 Å². The van der Waals surface area contributed by atoms with E-state index in [0.717, 1.165) is 0 Å². The number of ether oxygens (including phenoxy) is 1. The normalized spacial score (nSPS) is 10.9. The van der Waals surface area contributed by atoms with E-state index >= 15 is 0 Å². The average Bonchev–Trinajstić information content (AvgIpc) is 2.42. The molecule has 8 heteroatoms. The Morgan fingerprint density at radius 3 is 2.62 bits per heavy atom. The lowest BCUT2D eigenvalue weighted by molar-refractivity contribution is -0.137. The van der Waals surface area contributed by atoms with Gasteiger partial charge in [0.2, 0.25) is 12.0 Å². The molecule has 0 radical (unpaired) electrons. The fourth-order valence-corrected chi connectivity index (χ4v) is 1.65. The van der Waals surface area contributed by atoms with Gasteiger partial charge in [0.15, 0.2) is 5.75 Å². The Labute approximate surface area is 121 Å². The molecule has 1 aromatic heterocycles. The van der Waals surface area contributed by atoms with Crippen molar-refractivity contribution in [2.24, 2.45) is 4.99 Å². The summed E-state index contributed by atoms with van der Waals surface area (Å²) in [6.45, 7) is 0. The number of isocyanates is 1. The van der Waals surface area contributed by atoms with Crippen LogP contribution in [0.4, 0.5) is 18.9 Å². The topological polar surface area (TPSA) is 51.5 Å². The van der Waals surface area contributed by atoms with E-state index in [1.165, 1.54) is 18.2 Å². The lowest BCUT2D eigenvalue weighted by Gasteiger charge is -2.10. The van der Waals surface area contributed by atoms with Crippen molar-refractivity contribution in [3.05, 3.63) is 47.1 Å². The molecular weight excluding hydrogens is 309 g/mol. The summed E-state index contributed by atoms with van der Waals surface area (Å²) in [5.41, 5.74) is -0.829. The van der Waals surface area contributed by atoms with E-state index in [1.54, 1.807) is 12.1 Å². The Bertz CT molecular complexity index is 713. The van der Waals surface area contributed by atoms with Crippen LogP contribution in [0, 0.1) is 0 Å². The molecule has 0 aliphatic heterocycles. The molecule has 1 aromatic carbocycles. The van der Waals surface area contributed by atoms with Gasteiger partial charge in [-0.1, -0.05) is 23.7 Å². The lowest BCUT2D eigenvalue weighted by Crippen LogP contribution is -2.05. The minimum absolute atomic E-state index is 0.120. The Morgan fingerprint density at radius 1 is 1.29 bits per heavy atom. The third-order valence-corrected chi connectivity index (χ3v) is 2.64. The summed E-state index contributed by atoms with van der Waals surface area (Å²) in [7, 11) is 0. The summed E-state index contributed by atoms with van der Waals surface area (Å²) in [6.07, 6.45) is -2.60. The average molecular weight is 315 g/mol. The first-order valence-electron chi connectivity index (χ1n) is 5.49. The number of aliphatic imine (C=N–C) groups is 1. The monoisotopic (exact) mass is 314 g/mol. The number of aromatic nitrogens is 1. The van der Waals surface area contributed by atoms with Crippen LogP contribution in [-0.2, 0) is 11.0 Å². The van der Waals surface area contributed by atoms with Crippen LogP contribution in [0.15, 0.2) is 41.5 Å². The Morgan fingerprint density at radius 2 is 2.00 bits per heavy atom. The summed E-state index contributed by atoms with van der Waals surface area (Å²) in [4.78, 5) is 17.2. The lowest BCUT2D eigenvalue weighted by atomic mass is 10.3. The molecule has 0 amide bonds. The maximum absolute atomic E-state index is 12.5. The van der Waals surface area contributed by atoms with Gasteiger partial charge in [0.25, 0.3) is 0 Å². The van der Waals surface area contributed by atoms with E-state index in [1.807, 2.05) is 0 Å². The number of para-hydroxylation sites is 2. The zero-order valence-electron chi connectivity index (χ0n) is 10.2. The maximum atomic E-state index is 12.5. The third-order valence-electron chi connectivity index (χ3n) is 2.37. The summed E-state index contributed by atoms with van der Waals surface area (Å²) < 4.78 is 42.8. The standard InChI is InChI=1S/C13H6ClF3N2O2/c14-9-5-8(13(15,16)17)6-18-12(9)21-11-4-2-1-3-10(11)19-7-20/h1-6H. The fourth-order valence-electron chi connectivity index (χ4n) is 1.44. The van der Waals surface area contributed by atoms with Gasteiger partial charge in [0.05, 0.1) is 5.56 Å². The minimum Gasteiger partial charge on any atom is -0.435 e. The van der Waals surface area contributed by atoms with Crippen molar-refractivity contribution >= 4 is 23.4 Å². The molecule has 0 fully saturated rings. The molecule has 2 aromatic rings. The van der Waals surface area contributed by atoms with Crippen LogP contribution in [0.2, 0.25) is 5.02 Å². The molecule has 21 heavy (non-hydrogen) atoms. The van der Waals surface area contributed by atoms with Crippen molar-refractivity contribution in [2.75, 3.05) is 0 Å². The van der Waals surface area contributed by atoms with Crippen molar-refractivity contribution < 1.29 is 22.7 Å². The highest BCUT2D eigenvalue weighted by atomic mass is 35.5. The molecule has 0 saturated heterocycles. The van der Waals surface area contributed by atoms with Gasteiger partial charge in [-0.2, -0.15) is 18.2 Å². The number of hydrogen-bond acceptors (Lipinski definition) is 4. The van der Waals surface area contributed by atoms with Crippen molar-refractivity contribution in [2.45, 2.75) is 6.18 Å². The van der Waals surface area contributed by atoms with Crippen molar-refractivity contribution in [3.63, 3.8) is 0 Å². The quantitative estimate of drug-likeness (QED) is 0.618. The SMILES string of the molecule is O=C=Nc1ccccc1Oc1ncc(C(F)(F)F)cc1Cl. The van der Waals surface area contributed by atoms with Crippen LogP contribution in [0.3, 0.4) is 0 Å². The molecule has 2 rings (SSSR count). The number of halogens is 4. The number of carbonyl (C=O) groups excluding carboxylic acids is 1. The second-order valence-electron chi connectivity index (χ2n) is 3.78. The molecule has 0 aliphatic carbocycles. The number of hydrogen-bond donors (Lipinski definition) is 0. The first-order chi connectivity index (χ1) is 9.91. The van der Waals surface area contributed by atoms with Crippen LogP contribution >= 0.6 is 11.6 Å². The van der Waals surface area contributed by atoms with E-state index in [-0.39, 0.29) is 22.3 Å². The zero-order valence-corrected chi connectivity index (χ0v) is 10.9. The van der Waals surface area contributed by atoms with E-state index < -0.39 is 11.7 Å². The van der Waals surface area contributed by atoms with Crippen LogP contribution in [-0.4, -0.2) is 11.1 Å². The summed E-state index contributed by atoms with van der Waals surface area (Å²) >= 11 is 5.72. The van der Waals surface area contributed by atoms with Gasteiger partial charge in [-0.15, -0.1) is 0 Å².